The second kappa shape index (κ2) is 10.2. The van der Waals surface area contributed by atoms with Crippen LogP contribution in [0.4, 0.5) is 0 Å². The fourth-order valence-electron chi connectivity index (χ4n) is 4.39. The number of ether oxygens (including phenoxy) is 3. The van der Waals surface area contributed by atoms with Crippen molar-refractivity contribution >= 4 is 5.71 Å². The highest BCUT2D eigenvalue weighted by Gasteiger charge is 2.35. The van der Waals surface area contributed by atoms with Crippen molar-refractivity contribution < 1.29 is 19.4 Å². The highest BCUT2D eigenvalue weighted by molar-refractivity contribution is 5.87. The van der Waals surface area contributed by atoms with Gasteiger partial charge in [0.25, 0.3) is 0 Å². The molecule has 0 unspecified atom stereocenters. The number of nitrogens with zero attached hydrogens (tertiary/aromatic N) is 2. The van der Waals surface area contributed by atoms with Crippen LogP contribution in [0.5, 0.6) is 17.2 Å². The molecular formula is C25H36N2O4. The molecular weight excluding hydrogens is 392 g/mol. The molecule has 0 amide bonds. The Morgan fingerprint density at radius 2 is 1.90 bits per heavy atom. The van der Waals surface area contributed by atoms with Crippen LogP contribution in [0, 0.1) is 5.92 Å². The standard InChI is InChI=1S/C25H36N2O4/c1-16(2)7-9-18(10-8-17(3)4)20(26-28)14-21-23-19(11-12-27(21)5)13-22-24(25(23)29-6)31-15-30-22/h7-8,13,18,21,28H,9-12,14-15H2,1-6H3/b26-20+/t21-/m0/s1. The zero-order valence-electron chi connectivity index (χ0n) is 19.7. The van der Waals surface area contributed by atoms with Crippen LogP contribution in [0.15, 0.2) is 34.5 Å². The molecule has 6 heteroatoms. The van der Waals surface area contributed by atoms with E-state index in [9.17, 15) is 5.21 Å². The molecule has 1 aromatic rings. The maximum atomic E-state index is 10.0. The molecule has 31 heavy (non-hydrogen) atoms. The van der Waals surface area contributed by atoms with Gasteiger partial charge in [0, 0.05) is 30.5 Å². The van der Waals surface area contributed by atoms with Crippen LogP contribution in [0.1, 0.15) is 64.1 Å². The van der Waals surface area contributed by atoms with E-state index in [4.69, 9.17) is 14.2 Å². The number of rotatable bonds is 8. The number of hydrogen-bond acceptors (Lipinski definition) is 6. The molecule has 2 heterocycles. The molecule has 2 aliphatic heterocycles. The SMILES string of the molecule is COc1c2c(cc3c1[C@H](C/C(=N\O)C(CC=C(C)C)CC=C(C)C)N(C)CC3)OCO2. The largest absolute Gasteiger partial charge is 0.492 e. The first kappa shape index (κ1) is 23.2. The molecule has 0 saturated heterocycles. The summed E-state index contributed by atoms with van der Waals surface area (Å²) in [5.41, 5.74) is 5.69. The molecule has 0 fully saturated rings. The van der Waals surface area contributed by atoms with E-state index in [-0.39, 0.29) is 18.8 Å². The summed E-state index contributed by atoms with van der Waals surface area (Å²) < 4.78 is 17.2. The van der Waals surface area contributed by atoms with Gasteiger partial charge in [0.15, 0.2) is 11.5 Å². The number of benzene rings is 1. The fraction of sp³-hybridized carbons (Fsp3) is 0.560. The molecule has 0 radical (unpaired) electrons. The molecule has 0 saturated carbocycles. The Bertz CT molecular complexity index is 860. The molecule has 0 bridgehead atoms. The van der Waals surface area contributed by atoms with Crippen LogP contribution in [-0.4, -0.2) is 43.3 Å². The van der Waals surface area contributed by atoms with Crippen LogP contribution < -0.4 is 14.2 Å². The Balaban J connectivity index is 1.96. The summed E-state index contributed by atoms with van der Waals surface area (Å²) in [7, 11) is 3.80. The zero-order chi connectivity index (χ0) is 22.5. The van der Waals surface area contributed by atoms with Crippen molar-refractivity contribution in [1.82, 2.24) is 4.90 Å². The van der Waals surface area contributed by atoms with E-state index in [1.165, 1.54) is 16.7 Å². The Kier molecular flexibility index (Phi) is 7.65. The van der Waals surface area contributed by atoms with Crippen molar-refractivity contribution in [3.63, 3.8) is 0 Å². The number of fused-ring (bicyclic) bond motifs is 2. The molecule has 3 rings (SSSR count). The lowest BCUT2D eigenvalue weighted by Crippen LogP contribution is -2.35. The summed E-state index contributed by atoms with van der Waals surface area (Å²) in [6, 6.07) is 2.12. The highest BCUT2D eigenvalue weighted by Crippen LogP contribution is 2.50. The van der Waals surface area contributed by atoms with Crippen molar-refractivity contribution in [2.24, 2.45) is 11.1 Å². The van der Waals surface area contributed by atoms with E-state index in [1.54, 1.807) is 7.11 Å². The predicted octanol–water partition coefficient (Wildman–Crippen LogP) is 5.50. The third-order valence-corrected chi connectivity index (χ3v) is 6.17. The van der Waals surface area contributed by atoms with Gasteiger partial charge in [-0.3, -0.25) is 4.90 Å². The minimum absolute atomic E-state index is 0.0417. The Morgan fingerprint density at radius 1 is 1.23 bits per heavy atom. The Hall–Kier alpha value is -2.47. The van der Waals surface area contributed by atoms with Gasteiger partial charge in [0.1, 0.15) is 0 Å². The van der Waals surface area contributed by atoms with E-state index in [0.29, 0.717) is 12.2 Å². The van der Waals surface area contributed by atoms with Crippen LogP contribution in [0.3, 0.4) is 0 Å². The first-order valence-corrected chi connectivity index (χ1v) is 11.0. The summed E-state index contributed by atoms with van der Waals surface area (Å²) in [6.07, 6.45) is 7.71. The quantitative estimate of drug-likeness (QED) is 0.256. The van der Waals surface area contributed by atoms with Gasteiger partial charge in [-0.1, -0.05) is 28.5 Å². The predicted molar refractivity (Wildman–Crippen MR) is 124 cm³/mol. The molecule has 170 valence electrons. The van der Waals surface area contributed by atoms with Crippen LogP contribution in [-0.2, 0) is 6.42 Å². The number of allylic oxidation sites excluding steroid dienone is 4. The van der Waals surface area contributed by atoms with E-state index < -0.39 is 0 Å². The summed E-state index contributed by atoms with van der Waals surface area (Å²) in [6.45, 7) is 9.55. The van der Waals surface area contributed by atoms with Gasteiger partial charge in [-0.2, -0.15) is 0 Å². The van der Waals surface area contributed by atoms with Crippen molar-refractivity contribution in [2.45, 2.75) is 59.4 Å². The van der Waals surface area contributed by atoms with Crippen LogP contribution >= 0.6 is 0 Å². The maximum Gasteiger partial charge on any atom is 0.231 e. The highest BCUT2D eigenvalue weighted by atomic mass is 16.7. The van der Waals surface area contributed by atoms with E-state index in [1.807, 2.05) is 0 Å². The minimum Gasteiger partial charge on any atom is -0.492 e. The van der Waals surface area contributed by atoms with Gasteiger partial charge >= 0.3 is 0 Å². The molecule has 2 aliphatic rings. The lowest BCUT2D eigenvalue weighted by Gasteiger charge is -2.36. The van der Waals surface area contributed by atoms with Gasteiger partial charge in [-0.15, -0.1) is 0 Å². The van der Waals surface area contributed by atoms with Gasteiger partial charge in [-0.05, 0) is 65.6 Å². The second-order valence-electron chi connectivity index (χ2n) is 8.99. The number of oxime groups is 1. The summed E-state index contributed by atoms with van der Waals surface area (Å²) in [4.78, 5) is 2.32. The van der Waals surface area contributed by atoms with Gasteiger partial charge in [-0.25, -0.2) is 0 Å². The average molecular weight is 429 g/mol. The molecule has 0 spiro atoms. The minimum atomic E-state index is 0.0417. The van der Waals surface area contributed by atoms with E-state index in [0.717, 1.165) is 48.6 Å². The molecule has 6 nitrogen and oxygen atoms in total. The summed E-state index contributed by atoms with van der Waals surface area (Å²) in [5.74, 6) is 2.31. The zero-order valence-corrected chi connectivity index (χ0v) is 19.7. The summed E-state index contributed by atoms with van der Waals surface area (Å²) >= 11 is 0. The summed E-state index contributed by atoms with van der Waals surface area (Å²) in [5, 5.41) is 13.8. The normalized spacial score (nSPS) is 18.0. The van der Waals surface area contributed by atoms with Crippen molar-refractivity contribution in [1.29, 1.82) is 0 Å². The molecule has 1 N–H and O–H groups in total. The molecule has 0 aliphatic carbocycles. The molecule has 1 atom stereocenters. The van der Waals surface area contributed by atoms with Crippen LogP contribution in [0.25, 0.3) is 0 Å². The van der Waals surface area contributed by atoms with Crippen molar-refractivity contribution in [2.75, 3.05) is 27.5 Å². The average Bonchev–Trinajstić information content (AvgIpc) is 3.20. The number of methoxy groups -OCH3 is 1. The monoisotopic (exact) mass is 428 g/mol. The lowest BCUT2D eigenvalue weighted by atomic mass is 9.84. The fourth-order valence-corrected chi connectivity index (χ4v) is 4.39. The first-order chi connectivity index (χ1) is 14.8. The molecule has 0 aromatic heterocycles. The maximum absolute atomic E-state index is 10.0. The van der Waals surface area contributed by atoms with Crippen molar-refractivity contribution in [3.8, 4) is 17.2 Å². The van der Waals surface area contributed by atoms with Gasteiger partial charge < -0.3 is 19.4 Å². The van der Waals surface area contributed by atoms with Gasteiger partial charge in [0.2, 0.25) is 12.5 Å². The first-order valence-electron chi connectivity index (χ1n) is 11.0. The Morgan fingerprint density at radius 3 is 2.48 bits per heavy atom. The second-order valence-corrected chi connectivity index (χ2v) is 8.99. The third-order valence-electron chi connectivity index (χ3n) is 6.17. The van der Waals surface area contributed by atoms with E-state index in [2.05, 4.69) is 63.0 Å². The smallest absolute Gasteiger partial charge is 0.231 e. The number of hydrogen-bond donors (Lipinski definition) is 1. The van der Waals surface area contributed by atoms with Crippen LogP contribution in [0.2, 0.25) is 0 Å². The number of likely N-dealkylation sites (N-methyl/N-ethyl adjacent to an activating group) is 1. The topological polar surface area (TPSA) is 63.5 Å². The third kappa shape index (κ3) is 5.24. The molecule has 1 aromatic carbocycles. The Labute approximate surface area is 186 Å². The van der Waals surface area contributed by atoms with Crippen molar-refractivity contribution in [3.05, 3.63) is 40.5 Å². The lowest BCUT2D eigenvalue weighted by molar-refractivity contribution is 0.170. The van der Waals surface area contributed by atoms with Gasteiger partial charge in [0.05, 0.1) is 12.8 Å². The van der Waals surface area contributed by atoms with E-state index >= 15 is 0 Å².